The maximum Gasteiger partial charge on any atom is 0.283 e. The van der Waals surface area contributed by atoms with Gasteiger partial charge in [-0.25, -0.2) is 15.8 Å². The zero-order valence-electron chi connectivity index (χ0n) is 12.4. The third-order valence-electron chi connectivity index (χ3n) is 3.68. The van der Waals surface area contributed by atoms with Gasteiger partial charge in [0.05, 0.1) is 17.2 Å². The van der Waals surface area contributed by atoms with E-state index < -0.39 is 36.9 Å². The highest BCUT2D eigenvalue weighted by atomic mass is 32.1. The standard InChI is InChI=1S/C14H16N4O5S/c15-18-14(22)7-4-6(9-2-1-3-24-9)16-13(17-7)12-11(21)10(20)8(5-19)23-12/h1-4,8,10-12,19-21H,5,15H2,(H,18,22)/t8-,10-,11-,12-/m1/s1. The number of rotatable bonds is 4. The lowest BCUT2D eigenvalue weighted by molar-refractivity contribution is -0.0253. The maximum atomic E-state index is 11.9. The number of aliphatic hydroxyl groups excluding tert-OH is 3. The van der Waals surface area contributed by atoms with Crippen molar-refractivity contribution in [2.45, 2.75) is 24.4 Å². The SMILES string of the molecule is NNC(=O)c1cc(-c2cccs2)nc([C@@H]2O[C@H](CO)[C@@H](O)[C@H]2O)n1. The number of aliphatic hydroxyl groups is 3. The summed E-state index contributed by atoms with van der Waals surface area (Å²) in [5.74, 6) is 4.57. The Hall–Kier alpha value is -1.95. The molecular weight excluding hydrogens is 336 g/mol. The number of amides is 1. The lowest BCUT2D eigenvalue weighted by atomic mass is 10.1. The first-order valence-corrected chi connectivity index (χ1v) is 7.99. The number of hydrogen-bond acceptors (Lipinski definition) is 9. The molecule has 0 radical (unpaired) electrons. The van der Waals surface area contributed by atoms with Crippen LogP contribution in [0.2, 0.25) is 0 Å². The zero-order chi connectivity index (χ0) is 17.3. The summed E-state index contributed by atoms with van der Waals surface area (Å²) < 4.78 is 5.43. The second-order valence-corrected chi connectivity index (χ2v) is 6.15. The Morgan fingerprint density at radius 3 is 2.75 bits per heavy atom. The Kier molecular flexibility index (Phi) is 4.85. The number of hydrogen-bond donors (Lipinski definition) is 5. The quantitative estimate of drug-likeness (QED) is 0.266. The van der Waals surface area contributed by atoms with Gasteiger partial charge in [0.2, 0.25) is 0 Å². The Labute approximate surface area is 140 Å². The third-order valence-corrected chi connectivity index (χ3v) is 4.57. The van der Waals surface area contributed by atoms with Crippen molar-refractivity contribution in [2.24, 2.45) is 5.84 Å². The largest absolute Gasteiger partial charge is 0.394 e. The molecule has 0 aromatic carbocycles. The smallest absolute Gasteiger partial charge is 0.283 e. The molecule has 0 saturated carbocycles. The number of nitrogens with zero attached hydrogens (tertiary/aromatic N) is 2. The fourth-order valence-corrected chi connectivity index (χ4v) is 3.13. The minimum Gasteiger partial charge on any atom is -0.394 e. The molecule has 10 heteroatoms. The van der Waals surface area contributed by atoms with Gasteiger partial charge >= 0.3 is 0 Å². The Morgan fingerprint density at radius 2 is 2.17 bits per heavy atom. The van der Waals surface area contributed by atoms with Gasteiger partial charge in [-0.15, -0.1) is 11.3 Å². The molecule has 1 amide bonds. The van der Waals surface area contributed by atoms with E-state index in [9.17, 15) is 20.1 Å². The number of hydrazine groups is 1. The number of nitrogens with two attached hydrogens (primary N) is 1. The molecule has 1 saturated heterocycles. The highest BCUT2D eigenvalue weighted by molar-refractivity contribution is 7.13. The van der Waals surface area contributed by atoms with Crippen LogP contribution >= 0.6 is 11.3 Å². The van der Waals surface area contributed by atoms with Gasteiger partial charge in [0.1, 0.15) is 30.1 Å². The summed E-state index contributed by atoms with van der Waals surface area (Å²) in [5.41, 5.74) is 2.46. The van der Waals surface area contributed by atoms with Crippen LogP contribution in [0, 0.1) is 0 Å². The molecule has 24 heavy (non-hydrogen) atoms. The van der Waals surface area contributed by atoms with E-state index in [4.69, 9.17) is 10.6 Å². The van der Waals surface area contributed by atoms with Crippen molar-refractivity contribution in [3.05, 3.63) is 35.1 Å². The fourth-order valence-electron chi connectivity index (χ4n) is 2.45. The van der Waals surface area contributed by atoms with Crippen molar-refractivity contribution < 1.29 is 24.9 Å². The van der Waals surface area contributed by atoms with E-state index in [1.165, 1.54) is 17.4 Å². The first kappa shape index (κ1) is 16.9. The van der Waals surface area contributed by atoms with Gasteiger partial charge < -0.3 is 20.1 Å². The average molecular weight is 352 g/mol. The summed E-state index contributed by atoms with van der Waals surface area (Å²) in [7, 11) is 0. The van der Waals surface area contributed by atoms with Crippen molar-refractivity contribution in [2.75, 3.05) is 6.61 Å². The third kappa shape index (κ3) is 3.02. The van der Waals surface area contributed by atoms with Crippen LogP contribution in [0.4, 0.5) is 0 Å². The molecule has 2 aromatic heterocycles. The topological polar surface area (TPSA) is 151 Å². The summed E-state index contributed by atoms with van der Waals surface area (Å²) in [6, 6.07) is 5.12. The molecule has 1 fully saturated rings. The molecule has 9 nitrogen and oxygen atoms in total. The van der Waals surface area contributed by atoms with E-state index in [1.807, 2.05) is 22.9 Å². The molecule has 0 bridgehead atoms. The number of aromatic nitrogens is 2. The molecule has 0 unspecified atom stereocenters. The van der Waals surface area contributed by atoms with E-state index in [2.05, 4.69) is 9.97 Å². The van der Waals surface area contributed by atoms with Gasteiger partial charge in [0.25, 0.3) is 5.91 Å². The fraction of sp³-hybridized carbons (Fsp3) is 0.357. The number of thiophene rings is 1. The molecule has 3 heterocycles. The van der Waals surface area contributed by atoms with Crippen molar-refractivity contribution >= 4 is 17.2 Å². The van der Waals surface area contributed by atoms with Gasteiger partial charge in [0, 0.05) is 0 Å². The van der Waals surface area contributed by atoms with Crippen LogP contribution in [0.5, 0.6) is 0 Å². The van der Waals surface area contributed by atoms with Gasteiger partial charge in [-0.3, -0.25) is 10.2 Å². The predicted molar refractivity (Wildman–Crippen MR) is 83.7 cm³/mol. The molecule has 3 rings (SSSR count). The highest BCUT2D eigenvalue weighted by Gasteiger charge is 2.44. The van der Waals surface area contributed by atoms with E-state index in [0.29, 0.717) is 5.69 Å². The molecule has 2 aromatic rings. The van der Waals surface area contributed by atoms with E-state index >= 15 is 0 Å². The second-order valence-electron chi connectivity index (χ2n) is 5.21. The Bertz CT molecular complexity index is 726. The van der Waals surface area contributed by atoms with Crippen LogP contribution in [0.25, 0.3) is 10.6 Å². The van der Waals surface area contributed by atoms with Crippen LogP contribution < -0.4 is 11.3 Å². The molecule has 0 spiro atoms. The zero-order valence-corrected chi connectivity index (χ0v) is 13.2. The van der Waals surface area contributed by atoms with Gasteiger partial charge in [-0.2, -0.15) is 0 Å². The van der Waals surface area contributed by atoms with E-state index in [0.717, 1.165) is 4.88 Å². The van der Waals surface area contributed by atoms with Crippen LogP contribution in [-0.4, -0.2) is 56.1 Å². The Balaban J connectivity index is 2.04. The van der Waals surface area contributed by atoms with Crippen LogP contribution in [0.15, 0.2) is 23.6 Å². The number of carbonyl (C=O) groups excluding carboxylic acids is 1. The van der Waals surface area contributed by atoms with Gasteiger partial charge in [-0.05, 0) is 17.5 Å². The number of ether oxygens (including phenoxy) is 1. The number of carbonyl (C=O) groups is 1. The lowest BCUT2D eigenvalue weighted by Gasteiger charge is -2.15. The van der Waals surface area contributed by atoms with Gasteiger partial charge in [-0.1, -0.05) is 6.07 Å². The number of nitrogens with one attached hydrogen (secondary N) is 1. The Morgan fingerprint density at radius 1 is 1.38 bits per heavy atom. The molecular formula is C14H16N4O5S. The molecule has 6 N–H and O–H groups in total. The molecule has 128 valence electrons. The normalized spacial score (nSPS) is 26.5. The molecule has 4 atom stereocenters. The van der Waals surface area contributed by atoms with Crippen LogP contribution in [0.1, 0.15) is 22.4 Å². The monoisotopic (exact) mass is 352 g/mol. The summed E-state index contributed by atoms with van der Waals surface area (Å²) >= 11 is 1.42. The maximum absolute atomic E-state index is 11.9. The van der Waals surface area contributed by atoms with Crippen molar-refractivity contribution in [1.29, 1.82) is 0 Å². The summed E-state index contributed by atoms with van der Waals surface area (Å²) in [6.07, 6.45) is -4.62. The summed E-state index contributed by atoms with van der Waals surface area (Å²) in [4.78, 5) is 21.0. The van der Waals surface area contributed by atoms with Crippen LogP contribution in [0.3, 0.4) is 0 Å². The number of nitrogen functional groups attached to an aromatic ring is 1. The van der Waals surface area contributed by atoms with Crippen molar-refractivity contribution in [1.82, 2.24) is 15.4 Å². The minimum absolute atomic E-state index is 0.00337. The molecule has 1 aliphatic rings. The molecule has 1 aliphatic heterocycles. The lowest BCUT2D eigenvalue weighted by Crippen LogP contribution is -2.33. The van der Waals surface area contributed by atoms with E-state index in [1.54, 1.807) is 0 Å². The first-order valence-electron chi connectivity index (χ1n) is 7.11. The van der Waals surface area contributed by atoms with Crippen LogP contribution in [-0.2, 0) is 4.74 Å². The predicted octanol–water partition coefficient (Wildman–Crippen LogP) is -1.04. The summed E-state index contributed by atoms with van der Waals surface area (Å²) in [6.45, 7) is -0.463. The molecule has 0 aliphatic carbocycles. The van der Waals surface area contributed by atoms with Gasteiger partial charge in [0.15, 0.2) is 5.82 Å². The minimum atomic E-state index is -1.32. The highest BCUT2D eigenvalue weighted by Crippen LogP contribution is 2.33. The first-order chi connectivity index (χ1) is 11.5. The van der Waals surface area contributed by atoms with Crippen molar-refractivity contribution in [3.63, 3.8) is 0 Å². The average Bonchev–Trinajstić information content (AvgIpc) is 3.23. The van der Waals surface area contributed by atoms with E-state index in [-0.39, 0.29) is 11.5 Å². The summed E-state index contributed by atoms with van der Waals surface area (Å²) in [5, 5.41) is 31.1. The van der Waals surface area contributed by atoms with Crippen molar-refractivity contribution in [3.8, 4) is 10.6 Å². The second kappa shape index (κ2) is 6.89.